The van der Waals surface area contributed by atoms with Gasteiger partial charge in [-0.25, -0.2) is 4.98 Å². The second-order valence-electron chi connectivity index (χ2n) is 4.95. The van der Waals surface area contributed by atoms with Gasteiger partial charge in [-0.15, -0.1) is 22.7 Å². The Morgan fingerprint density at radius 3 is 2.56 bits per heavy atom. The molecule has 3 aromatic rings. The van der Waals surface area contributed by atoms with Crippen molar-refractivity contribution in [1.82, 2.24) is 4.98 Å². The molecular formula is C16H12F3N3OS2. The lowest BCUT2D eigenvalue weighted by Crippen LogP contribution is -2.11. The Balaban J connectivity index is 1.63. The van der Waals surface area contributed by atoms with Crippen LogP contribution in [0.1, 0.15) is 16.1 Å². The van der Waals surface area contributed by atoms with Gasteiger partial charge in [-0.2, -0.15) is 13.2 Å². The van der Waals surface area contributed by atoms with Crippen LogP contribution in [0.25, 0.3) is 10.6 Å². The first kappa shape index (κ1) is 17.4. The summed E-state index contributed by atoms with van der Waals surface area (Å²) in [6.07, 6.45) is -4.35. The zero-order valence-corrected chi connectivity index (χ0v) is 14.3. The Hall–Kier alpha value is -2.39. The lowest BCUT2D eigenvalue weighted by atomic mass is 10.1. The van der Waals surface area contributed by atoms with Crippen molar-refractivity contribution in [2.75, 3.05) is 0 Å². The van der Waals surface area contributed by atoms with Crippen molar-refractivity contribution < 1.29 is 18.0 Å². The molecule has 2 N–H and O–H groups in total. The van der Waals surface area contributed by atoms with Crippen molar-refractivity contribution in [2.24, 2.45) is 10.9 Å². The predicted octanol–water partition coefficient (Wildman–Crippen LogP) is 4.73. The SMILES string of the molecule is N/C(=N/OCc1csc(-c2ccc(C(F)(F)F)cc2)n1)c1cccs1. The standard InChI is InChI=1S/C16H12F3N3OS2/c17-16(18,19)11-5-3-10(4-6-11)15-21-12(9-25-15)8-23-22-14(20)13-2-1-7-24-13/h1-7,9H,8H2,(H2,20,22). The van der Waals surface area contributed by atoms with Crippen LogP contribution in [-0.4, -0.2) is 10.8 Å². The van der Waals surface area contributed by atoms with Gasteiger partial charge in [-0.3, -0.25) is 0 Å². The highest BCUT2D eigenvalue weighted by atomic mass is 32.1. The highest BCUT2D eigenvalue weighted by Crippen LogP contribution is 2.31. The van der Waals surface area contributed by atoms with E-state index in [2.05, 4.69) is 10.1 Å². The number of thiophene rings is 1. The third kappa shape index (κ3) is 4.37. The Kier molecular flexibility index (Phi) is 5.05. The molecule has 0 aliphatic rings. The van der Waals surface area contributed by atoms with Gasteiger partial charge in [0.05, 0.1) is 16.1 Å². The summed E-state index contributed by atoms with van der Waals surface area (Å²) in [6.45, 7) is 0.128. The summed E-state index contributed by atoms with van der Waals surface area (Å²) in [5, 5.41) is 8.09. The van der Waals surface area contributed by atoms with Gasteiger partial charge in [0.1, 0.15) is 5.01 Å². The Labute approximate surface area is 149 Å². The Morgan fingerprint density at radius 1 is 1.16 bits per heavy atom. The van der Waals surface area contributed by atoms with Crippen molar-refractivity contribution in [2.45, 2.75) is 12.8 Å². The maximum Gasteiger partial charge on any atom is 0.416 e. The Morgan fingerprint density at radius 2 is 1.92 bits per heavy atom. The number of alkyl halides is 3. The van der Waals surface area contributed by atoms with E-state index >= 15 is 0 Å². The molecule has 0 fully saturated rings. The molecular weight excluding hydrogens is 371 g/mol. The summed E-state index contributed by atoms with van der Waals surface area (Å²) < 4.78 is 37.7. The number of rotatable bonds is 5. The zero-order chi connectivity index (χ0) is 17.9. The van der Waals surface area contributed by atoms with E-state index in [0.29, 0.717) is 16.3 Å². The summed E-state index contributed by atoms with van der Waals surface area (Å²) in [5.74, 6) is 0.285. The average Bonchev–Trinajstić information content (AvgIpc) is 3.26. The summed E-state index contributed by atoms with van der Waals surface area (Å²) in [4.78, 5) is 10.3. The molecule has 4 nitrogen and oxygen atoms in total. The molecule has 0 aliphatic heterocycles. The molecule has 25 heavy (non-hydrogen) atoms. The van der Waals surface area contributed by atoms with E-state index < -0.39 is 11.7 Å². The number of hydrogen-bond acceptors (Lipinski definition) is 5. The quantitative estimate of drug-likeness (QED) is 0.394. The van der Waals surface area contributed by atoms with Crippen LogP contribution >= 0.6 is 22.7 Å². The number of halogens is 3. The van der Waals surface area contributed by atoms with E-state index in [1.165, 1.54) is 34.8 Å². The van der Waals surface area contributed by atoms with E-state index in [1.54, 1.807) is 5.38 Å². The minimum Gasteiger partial charge on any atom is -0.388 e. The molecule has 130 valence electrons. The molecule has 0 saturated carbocycles. The molecule has 0 atom stereocenters. The zero-order valence-electron chi connectivity index (χ0n) is 12.7. The van der Waals surface area contributed by atoms with Gasteiger partial charge in [0.25, 0.3) is 0 Å². The van der Waals surface area contributed by atoms with Gasteiger partial charge in [-0.1, -0.05) is 23.4 Å². The lowest BCUT2D eigenvalue weighted by Gasteiger charge is -2.06. The maximum atomic E-state index is 12.6. The molecule has 0 bridgehead atoms. The fourth-order valence-corrected chi connectivity index (χ4v) is 3.37. The molecule has 0 aliphatic carbocycles. The van der Waals surface area contributed by atoms with Gasteiger partial charge >= 0.3 is 6.18 Å². The van der Waals surface area contributed by atoms with E-state index in [0.717, 1.165) is 17.0 Å². The second-order valence-corrected chi connectivity index (χ2v) is 6.75. The van der Waals surface area contributed by atoms with Crippen molar-refractivity contribution in [3.05, 3.63) is 63.3 Å². The Bertz CT molecular complexity index is 856. The smallest absolute Gasteiger partial charge is 0.388 e. The van der Waals surface area contributed by atoms with Crippen LogP contribution in [0.2, 0.25) is 0 Å². The summed E-state index contributed by atoms with van der Waals surface area (Å²) in [5.41, 5.74) is 6.33. The maximum absolute atomic E-state index is 12.6. The molecule has 0 saturated heterocycles. The fourth-order valence-electron chi connectivity index (χ4n) is 1.94. The molecule has 2 aromatic heterocycles. The topological polar surface area (TPSA) is 60.5 Å². The molecule has 0 radical (unpaired) electrons. The number of thiazole rings is 1. The van der Waals surface area contributed by atoms with Crippen molar-refractivity contribution in [1.29, 1.82) is 0 Å². The van der Waals surface area contributed by atoms with Crippen LogP contribution in [0.4, 0.5) is 13.2 Å². The highest BCUT2D eigenvalue weighted by Gasteiger charge is 2.30. The first-order valence-electron chi connectivity index (χ1n) is 7.05. The van der Waals surface area contributed by atoms with E-state index in [4.69, 9.17) is 10.6 Å². The second kappa shape index (κ2) is 7.24. The third-order valence-corrected chi connectivity index (χ3v) is 4.99. The van der Waals surface area contributed by atoms with Crippen molar-refractivity contribution >= 4 is 28.5 Å². The average molecular weight is 383 g/mol. The molecule has 0 unspecified atom stereocenters. The minimum absolute atomic E-state index is 0.128. The normalized spacial score (nSPS) is 12.4. The predicted molar refractivity (Wildman–Crippen MR) is 92.4 cm³/mol. The van der Waals surface area contributed by atoms with E-state index in [9.17, 15) is 13.2 Å². The van der Waals surface area contributed by atoms with Gasteiger partial charge in [-0.05, 0) is 23.6 Å². The summed E-state index contributed by atoms with van der Waals surface area (Å²) in [7, 11) is 0. The van der Waals surface area contributed by atoms with E-state index in [1.807, 2.05) is 17.5 Å². The number of hydrogen-bond donors (Lipinski definition) is 1. The van der Waals surface area contributed by atoms with Crippen molar-refractivity contribution in [3.8, 4) is 10.6 Å². The fraction of sp³-hybridized carbons (Fsp3) is 0.125. The molecule has 0 amide bonds. The van der Waals surface area contributed by atoms with Gasteiger partial charge in [0.2, 0.25) is 0 Å². The monoisotopic (exact) mass is 383 g/mol. The van der Waals surface area contributed by atoms with Crippen LogP contribution in [0.3, 0.4) is 0 Å². The van der Waals surface area contributed by atoms with Crippen molar-refractivity contribution in [3.63, 3.8) is 0 Å². The number of aromatic nitrogens is 1. The molecule has 3 rings (SSSR count). The molecule has 0 spiro atoms. The number of oxime groups is 1. The van der Waals surface area contributed by atoms with Crippen LogP contribution < -0.4 is 5.73 Å². The van der Waals surface area contributed by atoms with Gasteiger partial charge < -0.3 is 10.6 Å². The summed E-state index contributed by atoms with van der Waals surface area (Å²) in [6, 6.07) is 8.58. The van der Waals surface area contributed by atoms with Crippen LogP contribution in [0.5, 0.6) is 0 Å². The van der Waals surface area contributed by atoms with E-state index in [-0.39, 0.29) is 12.4 Å². The highest BCUT2D eigenvalue weighted by molar-refractivity contribution is 7.13. The molecule has 2 heterocycles. The number of nitrogens with zero attached hydrogens (tertiary/aromatic N) is 2. The van der Waals surface area contributed by atoms with Crippen LogP contribution in [0.15, 0.2) is 52.3 Å². The van der Waals surface area contributed by atoms with Gasteiger partial charge in [0, 0.05) is 10.9 Å². The number of benzene rings is 1. The molecule has 9 heteroatoms. The first-order chi connectivity index (χ1) is 11.9. The summed E-state index contributed by atoms with van der Waals surface area (Å²) >= 11 is 2.77. The number of amidine groups is 1. The first-order valence-corrected chi connectivity index (χ1v) is 8.81. The lowest BCUT2D eigenvalue weighted by molar-refractivity contribution is -0.137. The number of nitrogens with two attached hydrogens (primary N) is 1. The van der Waals surface area contributed by atoms with Crippen LogP contribution in [0, 0.1) is 0 Å². The molecule has 1 aromatic carbocycles. The van der Waals surface area contributed by atoms with Gasteiger partial charge in [0.15, 0.2) is 12.4 Å². The van der Waals surface area contributed by atoms with Crippen LogP contribution in [-0.2, 0) is 17.6 Å². The largest absolute Gasteiger partial charge is 0.416 e. The third-order valence-electron chi connectivity index (χ3n) is 3.16. The minimum atomic E-state index is -4.35.